The smallest absolute Gasteiger partial charge is 0.0507 e. The molecule has 2 nitrogen and oxygen atoms in total. The van der Waals surface area contributed by atoms with Gasteiger partial charge in [-0.2, -0.15) is 0 Å². The molecule has 0 amide bonds. The first-order valence-electron chi connectivity index (χ1n) is 14.8. The van der Waals surface area contributed by atoms with Crippen LogP contribution in [0.25, 0.3) is 55.4 Å². The first-order chi connectivity index (χ1) is 21.3. The first kappa shape index (κ1) is 25.1. The van der Waals surface area contributed by atoms with E-state index < -0.39 is 0 Å². The lowest BCUT2D eigenvalue weighted by Gasteiger charge is -2.22. The monoisotopic (exact) mass is 550 g/mol. The van der Waals surface area contributed by atoms with E-state index in [2.05, 4.69) is 174 Å². The SMILES string of the molecule is c1ccc(-c2ccc(C(c3c(-c4ccccc4)[nH]c4ccccc34)c3c(-c4ccccc4)[nH]c4ccccc34)cc2)cc1. The summed E-state index contributed by atoms with van der Waals surface area (Å²) in [7, 11) is 0. The zero-order chi connectivity index (χ0) is 28.6. The van der Waals surface area contributed by atoms with Crippen molar-refractivity contribution < 1.29 is 0 Å². The van der Waals surface area contributed by atoms with Gasteiger partial charge in [0.15, 0.2) is 0 Å². The highest BCUT2D eigenvalue weighted by molar-refractivity contribution is 5.97. The highest BCUT2D eigenvalue weighted by atomic mass is 14.7. The van der Waals surface area contributed by atoms with Gasteiger partial charge in [-0.25, -0.2) is 0 Å². The van der Waals surface area contributed by atoms with Crippen molar-refractivity contribution in [2.24, 2.45) is 0 Å². The van der Waals surface area contributed by atoms with Crippen LogP contribution in [0.1, 0.15) is 22.6 Å². The second-order valence-corrected chi connectivity index (χ2v) is 11.1. The zero-order valence-corrected chi connectivity index (χ0v) is 23.7. The lowest BCUT2D eigenvalue weighted by Crippen LogP contribution is -2.06. The second-order valence-electron chi connectivity index (χ2n) is 11.1. The molecule has 8 rings (SSSR count). The summed E-state index contributed by atoms with van der Waals surface area (Å²) in [5, 5.41) is 2.48. The summed E-state index contributed by atoms with van der Waals surface area (Å²) in [4.78, 5) is 7.65. The van der Waals surface area contributed by atoms with Crippen LogP contribution in [0, 0.1) is 0 Å². The van der Waals surface area contributed by atoms with Crippen LogP contribution in [0.15, 0.2) is 164 Å². The predicted molar refractivity (Wildman–Crippen MR) is 180 cm³/mol. The molecule has 0 spiro atoms. The molecule has 2 heterocycles. The van der Waals surface area contributed by atoms with Gasteiger partial charge in [0, 0.05) is 27.7 Å². The van der Waals surface area contributed by atoms with E-state index in [0.717, 1.165) is 22.4 Å². The topological polar surface area (TPSA) is 31.6 Å². The van der Waals surface area contributed by atoms with Gasteiger partial charge in [-0.1, -0.05) is 152 Å². The molecule has 204 valence electrons. The Morgan fingerprint density at radius 3 is 1.16 bits per heavy atom. The van der Waals surface area contributed by atoms with E-state index in [9.17, 15) is 0 Å². The minimum absolute atomic E-state index is 0.0393. The molecule has 0 saturated heterocycles. The van der Waals surface area contributed by atoms with E-state index in [4.69, 9.17) is 0 Å². The fourth-order valence-corrected chi connectivity index (χ4v) is 6.57. The van der Waals surface area contributed by atoms with Gasteiger partial charge in [-0.3, -0.25) is 0 Å². The average molecular weight is 551 g/mol. The van der Waals surface area contributed by atoms with Crippen molar-refractivity contribution in [1.82, 2.24) is 9.97 Å². The van der Waals surface area contributed by atoms with Gasteiger partial charge in [0.1, 0.15) is 0 Å². The van der Waals surface area contributed by atoms with Crippen molar-refractivity contribution >= 4 is 21.8 Å². The van der Waals surface area contributed by atoms with E-state index >= 15 is 0 Å². The van der Waals surface area contributed by atoms with Crippen molar-refractivity contribution in [2.75, 3.05) is 0 Å². The maximum absolute atomic E-state index is 3.83. The van der Waals surface area contributed by atoms with Crippen molar-refractivity contribution in [2.45, 2.75) is 5.92 Å². The summed E-state index contributed by atoms with van der Waals surface area (Å²) in [6.45, 7) is 0. The second kappa shape index (κ2) is 10.7. The lowest BCUT2D eigenvalue weighted by molar-refractivity contribution is 1.00. The third-order valence-electron chi connectivity index (χ3n) is 8.55. The Balaban J connectivity index is 1.46. The Kier molecular flexibility index (Phi) is 6.23. The lowest BCUT2D eigenvalue weighted by atomic mass is 9.80. The number of benzene rings is 6. The van der Waals surface area contributed by atoms with Crippen LogP contribution in [-0.2, 0) is 0 Å². The van der Waals surface area contributed by atoms with Gasteiger partial charge in [-0.05, 0) is 51.1 Å². The van der Waals surface area contributed by atoms with E-state index in [1.54, 1.807) is 0 Å². The normalized spacial score (nSPS) is 11.5. The third-order valence-corrected chi connectivity index (χ3v) is 8.55. The van der Waals surface area contributed by atoms with E-state index in [-0.39, 0.29) is 5.92 Å². The van der Waals surface area contributed by atoms with Gasteiger partial charge in [0.05, 0.1) is 11.4 Å². The molecular weight excluding hydrogens is 520 g/mol. The highest BCUT2D eigenvalue weighted by Crippen LogP contribution is 2.47. The summed E-state index contributed by atoms with van der Waals surface area (Å²) >= 11 is 0. The molecule has 6 aromatic carbocycles. The van der Waals surface area contributed by atoms with Crippen molar-refractivity contribution in [1.29, 1.82) is 0 Å². The number of rotatable bonds is 6. The predicted octanol–water partition coefficient (Wildman–Crippen LogP) is 10.8. The van der Waals surface area contributed by atoms with Crippen LogP contribution >= 0.6 is 0 Å². The molecule has 0 aliphatic rings. The fraction of sp³-hybridized carbons (Fsp3) is 0.0244. The molecule has 0 aliphatic heterocycles. The van der Waals surface area contributed by atoms with E-state index in [1.165, 1.54) is 49.7 Å². The standard InChI is InChI=1S/C41H30N2/c1-4-14-28(15-5-1)29-24-26-30(27-25-29)37(38-33-20-10-12-22-35(33)42-40(38)31-16-6-2-7-17-31)39-34-21-11-13-23-36(34)43-41(39)32-18-8-3-9-19-32/h1-27,37,42-43H. The number of para-hydroxylation sites is 2. The quantitative estimate of drug-likeness (QED) is 0.206. The number of nitrogens with one attached hydrogen (secondary N) is 2. The van der Waals surface area contributed by atoms with Crippen LogP contribution in [0.5, 0.6) is 0 Å². The summed E-state index contributed by atoms with van der Waals surface area (Å²) in [6.07, 6.45) is 0. The van der Waals surface area contributed by atoms with Gasteiger partial charge >= 0.3 is 0 Å². The number of aromatic amines is 2. The van der Waals surface area contributed by atoms with Gasteiger partial charge in [0.25, 0.3) is 0 Å². The minimum Gasteiger partial charge on any atom is -0.354 e. The Hall–Kier alpha value is -5.60. The van der Waals surface area contributed by atoms with Crippen LogP contribution in [0.2, 0.25) is 0 Å². The van der Waals surface area contributed by atoms with Crippen molar-refractivity contribution in [3.63, 3.8) is 0 Å². The number of hydrogen-bond acceptors (Lipinski definition) is 0. The highest BCUT2D eigenvalue weighted by Gasteiger charge is 2.30. The Bertz CT molecular complexity index is 2040. The summed E-state index contributed by atoms with van der Waals surface area (Å²) < 4.78 is 0. The van der Waals surface area contributed by atoms with Gasteiger partial charge in [-0.15, -0.1) is 0 Å². The largest absolute Gasteiger partial charge is 0.354 e. The molecule has 0 bridgehead atoms. The number of aromatic nitrogens is 2. The van der Waals surface area contributed by atoms with Gasteiger partial charge in [0.2, 0.25) is 0 Å². The Morgan fingerprint density at radius 2 is 0.698 bits per heavy atom. The fourth-order valence-electron chi connectivity index (χ4n) is 6.57. The zero-order valence-electron chi connectivity index (χ0n) is 23.7. The van der Waals surface area contributed by atoms with Crippen LogP contribution in [0.4, 0.5) is 0 Å². The summed E-state index contributed by atoms with van der Waals surface area (Å²) in [5.74, 6) is -0.0393. The van der Waals surface area contributed by atoms with Crippen molar-refractivity contribution in [3.05, 3.63) is 180 Å². The molecule has 2 aromatic heterocycles. The van der Waals surface area contributed by atoms with Crippen LogP contribution in [0.3, 0.4) is 0 Å². The van der Waals surface area contributed by atoms with Gasteiger partial charge < -0.3 is 9.97 Å². The molecule has 2 N–H and O–H groups in total. The summed E-state index contributed by atoms with van der Waals surface area (Å²) in [5.41, 5.74) is 13.2. The number of hydrogen-bond donors (Lipinski definition) is 2. The molecule has 8 aromatic rings. The number of H-pyrrole nitrogens is 2. The molecule has 43 heavy (non-hydrogen) atoms. The van der Waals surface area contributed by atoms with Crippen molar-refractivity contribution in [3.8, 4) is 33.6 Å². The maximum Gasteiger partial charge on any atom is 0.0507 e. The Labute approximate surface area is 251 Å². The minimum atomic E-state index is -0.0393. The summed E-state index contributed by atoms with van der Waals surface area (Å²) in [6, 6.07) is 58.7. The molecular formula is C41H30N2. The van der Waals surface area contributed by atoms with Crippen LogP contribution < -0.4 is 0 Å². The maximum atomic E-state index is 3.83. The Morgan fingerprint density at radius 1 is 0.326 bits per heavy atom. The molecule has 0 saturated carbocycles. The number of fused-ring (bicyclic) bond motifs is 2. The molecule has 0 radical (unpaired) electrons. The molecule has 2 heteroatoms. The molecule has 0 atom stereocenters. The van der Waals surface area contributed by atoms with E-state index in [1.807, 2.05) is 0 Å². The molecule has 0 fully saturated rings. The van der Waals surface area contributed by atoms with Crippen LogP contribution in [-0.4, -0.2) is 9.97 Å². The molecule has 0 aliphatic carbocycles. The average Bonchev–Trinajstić information content (AvgIpc) is 3.66. The third kappa shape index (κ3) is 4.45. The first-order valence-corrected chi connectivity index (χ1v) is 14.8. The molecule has 0 unspecified atom stereocenters. The van der Waals surface area contributed by atoms with E-state index in [0.29, 0.717) is 0 Å².